The Bertz CT molecular complexity index is 324. The third-order valence-electron chi connectivity index (χ3n) is 3.28. The van der Waals surface area contributed by atoms with Gasteiger partial charge < -0.3 is 5.32 Å². The molecule has 0 aromatic rings. The molecular weight excluding hydrogens is 250 g/mol. The molecule has 0 amide bonds. The van der Waals surface area contributed by atoms with E-state index in [1.165, 1.54) is 4.31 Å². The molecule has 1 rings (SSSR count). The topological polar surface area (TPSA) is 61.4 Å². The number of nitrogens with zero attached hydrogens (tertiary/aromatic N) is 1. The summed E-state index contributed by atoms with van der Waals surface area (Å²) in [6, 6.07) is 0.592. The van der Waals surface area contributed by atoms with Crippen molar-refractivity contribution in [2.75, 3.05) is 20.1 Å². The molecule has 1 saturated carbocycles. The molecule has 0 bridgehead atoms. The standard InChI is InChI=1S/C12H27N3O2S/c1-11(2)13-9-6-10-15(3)18(16,17)14-12-7-4-5-8-12/h11-14H,4-10H2,1-3H3. The van der Waals surface area contributed by atoms with Crippen LogP contribution in [0, 0.1) is 0 Å². The zero-order valence-electron chi connectivity index (χ0n) is 11.8. The Kier molecular flexibility index (Phi) is 6.55. The summed E-state index contributed by atoms with van der Waals surface area (Å²) in [5.74, 6) is 0. The van der Waals surface area contributed by atoms with Crippen molar-refractivity contribution in [2.45, 2.75) is 58.0 Å². The summed E-state index contributed by atoms with van der Waals surface area (Å²) in [5, 5.41) is 3.28. The van der Waals surface area contributed by atoms with Gasteiger partial charge in [0.25, 0.3) is 10.2 Å². The Hall–Kier alpha value is -0.170. The van der Waals surface area contributed by atoms with Crippen LogP contribution in [-0.2, 0) is 10.2 Å². The summed E-state index contributed by atoms with van der Waals surface area (Å²) < 4.78 is 28.2. The number of nitrogens with one attached hydrogen (secondary N) is 2. The summed E-state index contributed by atoms with van der Waals surface area (Å²) in [6.07, 6.45) is 5.05. The second kappa shape index (κ2) is 7.43. The van der Waals surface area contributed by atoms with Crippen molar-refractivity contribution in [2.24, 2.45) is 0 Å². The van der Waals surface area contributed by atoms with E-state index in [2.05, 4.69) is 23.9 Å². The SMILES string of the molecule is CC(C)NCCCN(C)S(=O)(=O)NC1CCCC1. The Labute approximate surface area is 112 Å². The van der Waals surface area contributed by atoms with Gasteiger partial charge in [0.1, 0.15) is 0 Å². The Balaban J connectivity index is 2.27. The average Bonchev–Trinajstić information content (AvgIpc) is 2.75. The predicted octanol–water partition coefficient (Wildman–Crippen LogP) is 1.08. The quantitative estimate of drug-likeness (QED) is 0.653. The molecule has 0 spiro atoms. The molecule has 1 fully saturated rings. The first-order valence-corrected chi connectivity index (χ1v) is 8.33. The van der Waals surface area contributed by atoms with Crippen molar-refractivity contribution in [3.63, 3.8) is 0 Å². The van der Waals surface area contributed by atoms with Gasteiger partial charge in [0.05, 0.1) is 0 Å². The van der Waals surface area contributed by atoms with E-state index in [1.54, 1.807) is 7.05 Å². The summed E-state index contributed by atoms with van der Waals surface area (Å²) in [7, 11) is -1.64. The van der Waals surface area contributed by atoms with Gasteiger partial charge in [-0.2, -0.15) is 17.4 Å². The lowest BCUT2D eigenvalue weighted by Gasteiger charge is -2.21. The third kappa shape index (κ3) is 5.65. The molecule has 0 atom stereocenters. The van der Waals surface area contributed by atoms with E-state index >= 15 is 0 Å². The van der Waals surface area contributed by atoms with Crippen LogP contribution in [0.5, 0.6) is 0 Å². The highest BCUT2D eigenvalue weighted by atomic mass is 32.2. The van der Waals surface area contributed by atoms with Gasteiger partial charge in [0.2, 0.25) is 0 Å². The van der Waals surface area contributed by atoms with Crippen LogP contribution in [0.2, 0.25) is 0 Å². The fourth-order valence-electron chi connectivity index (χ4n) is 2.16. The van der Waals surface area contributed by atoms with E-state index in [0.29, 0.717) is 12.6 Å². The molecule has 5 nitrogen and oxygen atoms in total. The van der Waals surface area contributed by atoms with E-state index < -0.39 is 10.2 Å². The summed E-state index contributed by atoms with van der Waals surface area (Å²) in [5.41, 5.74) is 0. The zero-order chi connectivity index (χ0) is 13.6. The van der Waals surface area contributed by atoms with Crippen molar-refractivity contribution in [1.82, 2.24) is 14.3 Å². The van der Waals surface area contributed by atoms with Crippen LogP contribution in [0.1, 0.15) is 46.0 Å². The molecule has 1 aliphatic carbocycles. The molecule has 0 aliphatic heterocycles. The highest BCUT2D eigenvalue weighted by Crippen LogP contribution is 2.18. The van der Waals surface area contributed by atoms with E-state index in [0.717, 1.165) is 38.6 Å². The first kappa shape index (κ1) is 15.9. The maximum Gasteiger partial charge on any atom is 0.279 e. The summed E-state index contributed by atoms with van der Waals surface area (Å²) in [4.78, 5) is 0. The fraction of sp³-hybridized carbons (Fsp3) is 1.00. The van der Waals surface area contributed by atoms with Crippen molar-refractivity contribution >= 4 is 10.2 Å². The minimum absolute atomic E-state index is 0.145. The van der Waals surface area contributed by atoms with Gasteiger partial charge in [0, 0.05) is 25.7 Å². The second-order valence-electron chi connectivity index (χ2n) is 5.39. The molecular formula is C12H27N3O2S. The van der Waals surface area contributed by atoms with Crippen molar-refractivity contribution in [3.05, 3.63) is 0 Å². The average molecular weight is 277 g/mol. The molecule has 0 saturated heterocycles. The summed E-state index contributed by atoms with van der Waals surface area (Å²) >= 11 is 0. The van der Waals surface area contributed by atoms with Gasteiger partial charge >= 0.3 is 0 Å². The first-order chi connectivity index (χ1) is 8.42. The number of rotatable bonds is 8. The van der Waals surface area contributed by atoms with Crippen LogP contribution in [0.4, 0.5) is 0 Å². The minimum Gasteiger partial charge on any atom is -0.314 e. The molecule has 0 heterocycles. The van der Waals surface area contributed by atoms with Gasteiger partial charge in [-0.3, -0.25) is 0 Å². The number of hydrogen-bond acceptors (Lipinski definition) is 3. The molecule has 1 aliphatic rings. The monoisotopic (exact) mass is 277 g/mol. The summed E-state index contributed by atoms with van der Waals surface area (Å²) in [6.45, 7) is 5.58. The van der Waals surface area contributed by atoms with Crippen LogP contribution in [0.3, 0.4) is 0 Å². The minimum atomic E-state index is -3.29. The van der Waals surface area contributed by atoms with Crippen LogP contribution < -0.4 is 10.0 Å². The Morgan fingerprint density at radius 2 is 1.89 bits per heavy atom. The molecule has 6 heteroatoms. The highest BCUT2D eigenvalue weighted by Gasteiger charge is 2.24. The van der Waals surface area contributed by atoms with Crippen molar-refractivity contribution < 1.29 is 8.42 Å². The molecule has 0 aromatic heterocycles. The molecule has 0 radical (unpaired) electrons. The van der Waals surface area contributed by atoms with Gasteiger partial charge in [0.15, 0.2) is 0 Å². The zero-order valence-corrected chi connectivity index (χ0v) is 12.6. The van der Waals surface area contributed by atoms with E-state index in [1.807, 2.05) is 0 Å². The lowest BCUT2D eigenvalue weighted by atomic mass is 10.3. The largest absolute Gasteiger partial charge is 0.314 e. The second-order valence-corrected chi connectivity index (χ2v) is 7.20. The maximum atomic E-state index is 12.0. The fourth-order valence-corrected chi connectivity index (χ4v) is 3.36. The molecule has 0 unspecified atom stereocenters. The van der Waals surface area contributed by atoms with E-state index in [-0.39, 0.29) is 6.04 Å². The molecule has 108 valence electrons. The normalized spacial score (nSPS) is 18.1. The van der Waals surface area contributed by atoms with Crippen molar-refractivity contribution in [3.8, 4) is 0 Å². The van der Waals surface area contributed by atoms with Crippen LogP contribution in [0.25, 0.3) is 0 Å². The predicted molar refractivity (Wildman–Crippen MR) is 74.7 cm³/mol. The Morgan fingerprint density at radius 3 is 2.44 bits per heavy atom. The van der Waals surface area contributed by atoms with Crippen molar-refractivity contribution in [1.29, 1.82) is 0 Å². The van der Waals surface area contributed by atoms with Crippen LogP contribution >= 0.6 is 0 Å². The lowest BCUT2D eigenvalue weighted by Crippen LogP contribution is -2.43. The van der Waals surface area contributed by atoms with Gasteiger partial charge in [-0.25, -0.2) is 0 Å². The molecule has 18 heavy (non-hydrogen) atoms. The van der Waals surface area contributed by atoms with Crippen LogP contribution in [-0.4, -0.2) is 44.9 Å². The molecule has 0 aromatic carbocycles. The van der Waals surface area contributed by atoms with Gasteiger partial charge in [-0.05, 0) is 25.8 Å². The van der Waals surface area contributed by atoms with Gasteiger partial charge in [-0.15, -0.1) is 0 Å². The Morgan fingerprint density at radius 1 is 1.28 bits per heavy atom. The third-order valence-corrected chi connectivity index (χ3v) is 4.92. The number of hydrogen-bond donors (Lipinski definition) is 2. The lowest BCUT2D eigenvalue weighted by molar-refractivity contribution is 0.430. The molecule has 2 N–H and O–H groups in total. The van der Waals surface area contributed by atoms with E-state index in [4.69, 9.17) is 0 Å². The van der Waals surface area contributed by atoms with Crippen LogP contribution in [0.15, 0.2) is 0 Å². The first-order valence-electron chi connectivity index (χ1n) is 6.89. The maximum absolute atomic E-state index is 12.0. The smallest absolute Gasteiger partial charge is 0.279 e. The van der Waals surface area contributed by atoms with Gasteiger partial charge in [-0.1, -0.05) is 26.7 Å². The van der Waals surface area contributed by atoms with E-state index in [9.17, 15) is 8.42 Å². The highest BCUT2D eigenvalue weighted by molar-refractivity contribution is 7.87.